The highest BCUT2D eigenvalue weighted by Gasteiger charge is 2.66. The van der Waals surface area contributed by atoms with Gasteiger partial charge in [0.2, 0.25) is 8.32 Å². The monoisotopic (exact) mass is 384 g/mol. The summed E-state index contributed by atoms with van der Waals surface area (Å²) < 4.78 is 0. The van der Waals surface area contributed by atoms with Gasteiger partial charge in [-0.1, -0.05) is 120 Å². The van der Waals surface area contributed by atoms with E-state index in [-0.39, 0.29) is 15.1 Å². The molecule has 0 heterocycles. The van der Waals surface area contributed by atoms with Crippen LogP contribution in [0, 0.1) is 0 Å². The summed E-state index contributed by atoms with van der Waals surface area (Å²) in [5.74, 6) is 0. The molecule has 3 unspecified atom stereocenters. The predicted molar refractivity (Wildman–Crippen MR) is 123 cm³/mol. The molecule has 0 rings (SSSR count). The molecular formula is C24H52OSi. The van der Waals surface area contributed by atoms with Crippen molar-refractivity contribution in [2.45, 2.75) is 154 Å². The second kappa shape index (κ2) is 11.2. The first-order valence-corrected chi connectivity index (χ1v) is 13.8. The van der Waals surface area contributed by atoms with E-state index < -0.39 is 8.32 Å². The number of unbranched alkanes of at least 4 members (excludes halogenated alkanes) is 3. The van der Waals surface area contributed by atoms with Gasteiger partial charge in [0.05, 0.1) is 0 Å². The van der Waals surface area contributed by atoms with E-state index >= 15 is 0 Å². The molecule has 3 atom stereocenters. The molecule has 0 fully saturated rings. The van der Waals surface area contributed by atoms with Crippen molar-refractivity contribution in [3.8, 4) is 0 Å². The average molecular weight is 385 g/mol. The summed E-state index contributed by atoms with van der Waals surface area (Å²) in [4.78, 5) is 13.0. The third kappa shape index (κ3) is 4.96. The summed E-state index contributed by atoms with van der Waals surface area (Å²) in [5, 5.41) is 0.333. The van der Waals surface area contributed by atoms with E-state index in [1.54, 1.807) is 0 Å². The fraction of sp³-hybridized carbons (Fsp3) is 1.00. The molecule has 0 aliphatic rings. The molecule has 0 aromatic heterocycles. The van der Waals surface area contributed by atoms with Crippen molar-refractivity contribution < 1.29 is 4.80 Å². The average Bonchev–Trinajstić information content (AvgIpc) is 2.67. The first-order valence-electron chi connectivity index (χ1n) is 11.8. The van der Waals surface area contributed by atoms with Gasteiger partial charge in [-0.05, 0) is 34.4 Å². The van der Waals surface area contributed by atoms with Crippen molar-refractivity contribution in [2.24, 2.45) is 0 Å². The lowest BCUT2D eigenvalue weighted by Crippen LogP contribution is -2.63. The Hall–Kier alpha value is 0.177. The summed E-state index contributed by atoms with van der Waals surface area (Å²) in [6, 6.07) is 0. The smallest absolute Gasteiger partial charge is 0.206 e. The maximum atomic E-state index is 13.0. The summed E-state index contributed by atoms with van der Waals surface area (Å²) in [6.07, 6.45) is 14.4. The third-order valence-electron chi connectivity index (χ3n) is 8.21. The zero-order valence-corrected chi connectivity index (χ0v) is 20.9. The lowest BCUT2D eigenvalue weighted by molar-refractivity contribution is 0.267. The minimum atomic E-state index is -2.62. The van der Waals surface area contributed by atoms with E-state index in [1.807, 2.05) is 0 Å². The molecule has 0 spiro atoms. The highest BCUT2D eigenvalue weighted by Crippen LogP contribution is 2.69. The Balaban J connectivity index is 6.45. The van der Waals surface area contributed by atoms with Gasteiger partial charge < -0.3 is 4.80 Å². The van der Waals surface area contributed by atoms with Crippen LogP contribution in [0.3, 0.4) is 0 Å². The SMILES string of the molecule is CCCCC(C)(CC)[Si](O)(C(C)(CC)CCCC)C(C)(CC)CCCC. The standard InChI is InChI=1S/C24H52OSi/c1-10-16-19-22(7,13-4)26(25,23(8,14-5)20-17-11-2)24(9,15-6)21-18-12-3/h25H,10-21H2,1-9H3. The van der Waals surface area contributed by atoms with Gasteiger partial charge in [-0.3, -0.25) is 0 Å². The van der Waals surface area contributed by atoms with Crippen molar-refractivity contribution in [3.05, 3.63) is 0 Å². The number of rotatable bonds is 15. The zero-order chi connectivity index (χ0) is 20.5. The lowest BCUT2D eigenvalue weighted by Gasteiger charge is -2.61. The lowest BCUT2D eigenvalue weighted by atomic mass is 9.97. The number of hydrogen-bond acceptors (Lipinski definition) is 1. The Morgan fingerprint density at radius 3 is 0.923 bits per heavy atom. The van der Waals surface area contributed by atoms with E-state index in [0.29, 0.717) is 0 Å². The van der Waals surface area contributed by atoms with Crippen LogP contribution in [0.15, 0.2) is 0 Å². The van der Waals surface area contributed by atoms with Gasteiger partial charge in [0, 0.05) is 0 Å². The molecular weight excluding hydrogens is 332 g/mol. The van der Waals surface area contributed by atoms with Crippen LogP contribution in [-0.2, 0) is 0 Å². The highest BCUT2D eigenvalue weighted by molar-refractivity contribution is 6.81. The van der Waals surface area contributed by atoms with E-state index in [0.717, 1.165) is 19.3 Å². The van der Waals surface area contributed by atoms with E-state index in [1.165, 1.54) is 57.8 Å². The predicted octanol–water partition coefficient (Wildman–Crippen LogP) is 9.01. The first kappa shape index (κ1) is 26.2. The Morgan fingerprint density at radius 1 is 0.538 bits per heavy atom. The molecule has 26 heavy (non-hydrogen) atoms. The maximum absolute atomic E-state index is 13.0. The van der Waals surface area contributed by atoms with Gasteiger partial charge >= 0.3 is 0 Å². The van der Waals surface area contributed by atoms with Crippen molar-refractivity contribution in [3.63, 3.8) is 0 Å². The molecule has 0 amide bonds. The van der Waals surface area contributed by atoms with E-state index in [2.05, 4.69) is 62.3 Å². The molecule has 158 valence electrons. The molecule has 0 bridgehead atoms. The summed E-state index contributed by atoms with van der Waals surface area (Å²) >= 11 is 0. The minimum absolute atomic E-state index is 0.111. The highest BCUT2D eigenvalue weighted by atomic mass is 28.4. The van der Waals surface area contributed by atoms with Gasteiger partial charge in [-0.2, -0.15) is 0 Å². The molecule has 0 saturated carbocycles. The van der Waals surface area contributed by atoms with Gasteiger partial charge in [-0.15, -0.1) is 0 Å². The molecule has 1 nitrogen and oxygen atoms in total. The molecule has 0 radical (unpaired) electrons. The largest absolute Gasteiger partial charge is 0.430 e. The van der Waals surface area contributed by atoms with Gasteiger partial charge in [0.25, 0.3) is 0 Å². The van der Waals surface area contributed by atoms with Gasteiger partial charge in [0.1, 0.15) is 0 Å². The van der Waals surface area contributed by atoms with Crippen molar-refractivity contribution in [1.82, 2.24) is 0 Å². The topological polar surface area (TPSA) is 20.2 Å². The first-order chi connectivity index (χ1) is 12.1. The van der Waals surface area contributed by atoms with Crippen LogP contribution in [-0.4, -0.2) is 13.1 Å². The van der Waals surface area contributed by atoms with E-state index in [4.69, 9.17) is 0 Å². The van der Waals surface area contributed by atoms with Crippen LogP contribution in [0.5, 0.6) is 0 Å². The Labute approximate surface area is 167 Å². The molecule has 0 saturated heterocycles. The van der Waals surface area contributed by atoms with Gasteiger partial charge in [0.15, 0.2) is 0 Å². The maximum Gasteiger partial charge on any atom is 0.206 e. The normalized spacial score (nSPS) is 21.5. The molecule has 2 heteroatoms. The molecule has 0 aromatic rings. The summed E-state index contributed by atoms with van der Waals surface area (Å²) in [7, 11) is -2.62. The fourth-order valence-electron chi connectivity index (χ4n) is 5.73. The zero-order valence-electron chi connectivity index (χ0n) is 19.9. The molecule has 0 aromatic carbocycles. The van der Waals surface area contributed by atoms with Crippen molar-refractivity contribution in [1.29, 1.82) is 0 Å². The molecule has 0 aliphatic heterocycles. The molecule has 1 N–H and O–H groups in total. The minimum Gasteiger partial charge on any atom is -0.430 e. The number of hydrogen-bond donors (Lipinski definition) is 1. The second-order valence-corrected chi connectivity index (χ2v) is 14.8. The summed E-state index contributed by atoms with van der Waals surface area (Å²) in [5.41, 5.74) is 0. The second-order valence-electron chi connectivity index (χ2n) is 9.76. The Kier molecular flexibility index (Phi) is 11.3. The van der Waals surface area contributed by atoms with E-state index in [9.17, 15) is 4.80 Å². The quantitative estimate of drug-likeness (QED) is 0.279. The Morgan fingerprint density at radius 2 is 0.769 bits per heavy atom. The van der Waals surface area contributed by atoms with Crippen molar-refractivity contribution in [2.75, 3.05) is 0 Å². The van der Waals surface area contributed by atoms with Crippen LogP contribution < -0.4 is 0 Å². The van der Waals surface area contributed by atoms with Gasteiger partial charge in [-0.25, -0.2) is 0 Å². The Bertz CT molecular complexity index is 327. The van der Waals surface area contributed by atoms with Crippen LogP contribution in [0.2, 0.25) is 15.1 Å². The van der Waals surface area contributed by atoms with Crippen LogP contribution in [0.25, 0.3) is 0 Å². The van der Waals surface area contributed by atoms with Crippen LogP contribution in [0.4, 0.5) is 0 Å². The fourth-order valence-corrected chi connectivity index (χ4v) is 13.2. The van der Waals surface area contributed by atoms with Crippen LogP contribution in [0.1, 0.15) is 139 Å². The third-order valence-corrected chi connectivity index (χ3v) is 15.3. The molecule has 0 aliphatic carbocycles. The van der Waals surface area contributed by atoms with Crippen molar-refractivity contribution >= 4 is 8.32 Å². The van der Waals surface area contributed by atoms with Crippen LogP contribution >= 0.6 is 0 Å². The summed E-state index contributed by atoms with van der Waals surface area (Å²) in [6.45, 7) is 21.3.